The number of rotatable bonds is 18. The van der Waals surface area contributed by atoms with Crippen molar-refractivity contribution in [2.75, 3.05) is 26.4 Å². The molecule has 0 fully saturated rings. The summed E-state index contributed by atoms with van der Waals surface area (Å²) >= 11 is 0. The van der Waals surface area contributed by atoms with Gasteiger partial charge in [0.1, 0.15) is 0 Å². The van der Waals surface area contributed by atoms with Crippen LogP contribution in [0.1, 0.15) is 104 Å². The van der Waals surface area contributed by atoms with Gasteiger partial charge in [-0.2, -0.15) is 0 Å². The highest BCUT2D eigenvalue weighted by molar-refractivity contribution is 5.59. The molecule has 2 aromatic rings. The first-order valence-corrected chi connectivity index (χ1v) is 14.1. The van der Waals surface area contributed by atoms with Crippen molar-refractivity contribution in [3.05, 3.63) is 35.4 Å². The minimum atomic E-state index is -0.529. The molecule has 0 atom stereocenters. The molecule has 2 aromatic carbocycles. The highest BCUT2D eigenvalue weighted by atomic mass is 16.5. The molecule has 37 heavy (non-hydrogen) atoms. The van der Waals surface area contributed by atoms with E-state index in [9.17, 15) is 10.2 Å². The number of hydrogen-bond donors (Lipinski definition) is 2. The van der Waals surface area contributed by atoms with Gasteiger partial charge in [0, 0.05) is 5.41 Å². The topological polar surface area (TPSA) is 77.4 Å². The second-order valence-corrected chi connectivity index (χ2v) is 10.1. The molecule has 0 radical (unpaired) electrons. The summed E-state index contributed by atoms with van der Waals surface area (Å²) < 4.78 is 23.9. The van der Waals surface area contributed by atoms with Crippen molar-refractivity contribution in [2.24, 2.45) is 0 Å². The van der Waals surface area contributed by atoms with Crippen molar-refractivity contribution < 1.29 is 29.2 Å². The van der Waals surface area contributed by atoms with E-state index < -0.39 is 5.41 Å². The summed E-state index contributed by atoms with van der Waals surface area (Å²) in [5, 5.41) is 21.8. The fourth-order valence-electron chi connectivity index (χ4n) is 3.80. The predicted molar refractivity (Wildman–Crippen MR) is 150 cm³/mol. The van der Waals surface area contributed by atoms with Gasteiger partial charge in [0.25, 0.3) is 0 Å². The first kappa shape index (κ1) is 30.5. The van der Waals surface area contributed by atoms with Crippen LogP contribution in [0.2, 0.25) is 0 Å². The first-order valence-electron chi connectivity index (χ1n) is 14.1. The van der Waals surface area contributed by atoms with Crippen LogP contribution in [0.3, 0.4) is 0 Å². The number of aromatic hydroxyl groups is 2. The van der Waals surface area contributed by atoms with Gasteiger partial charge in [-0.1, -0.05) is 67.2 Å². The van der Waals surface area contributed by atoms with Crippen LogP contribution in [-0.2, 0) is 5.41 Å². The second kappa shape index (κ2) is 15.5. The van der Waals surface area contributed by atoms with E-state index in [2.05, 4.69) is 41.5 Å². The number of phenols is 2. The normalized spacial score (nSPS) is 11.4. The summed E-state index contributed by atoms with van der Waals surface area (Å²) in [4.78, 5) is 0. The molecule has 0 aliphatic carbocycles. The third-order valence-electron chi connectivity index (χ3n) is 6.55. The Kier molecular flexibility index (Phi) is 12.7. The molecule has 0 aliphatic rings. The van der Waals surface area contributed by atoms with Crippen LogP contribution in [0.25, 0.3) is 0 Å². The maximum atomic E-state index is 10.9. The molecule has 0 spiro atoms. The largest absolute Gasteiger partial charge is 0.502 e. The predicted octanol–water partition coefficient (Wildman–Crippen LogP) is 8.14. The fourth-order valence-corrected chi connectivity index (χ4v) is 3.80. The lowest BCUT2D eigenvalue weighted by Gasteiger charge is -2.29. The molecule has 0 saturated carbocycles. The number of benzene rings is 2. The molecule has 0 saturated heterocycles. The summed E-state index contributed by atoms with van der Waals surface area (Å²) in [6.45, 7) is 14.7. The number of phenolic OH excluding ortho intramolecular Hbond substituents is 2. The third kappa shape index (κ3) is 8.65. The fraction of sp³-hybridized carbons (Fsp3) is 0.613. The molecule has 6 heteroatoms. The zero-order valence-electron chi connectivity index (χ0n) is 23.8. The van der Waals surface area contributed by atoms with Crippen molar-refractivity contribution >= 4 is 0 Å². The van der Waals surface area contributed by atoms with Gasteiger partial charge in [0.05, 0.1) is 26.4 Å². The van der Waals surface area contributed by atoms with E-state index in [0.717, 1.165) is 62.5 Å². The maximum Gasteiger partial charge on any atom is 0.200 e. The minimum absolute atomic E-state index is 0.0321. The summed E-state index contributed by atoms with van der Waals surface area (Å²) in [5.74, 6) is 1.74. The lowest BCUT2D eigenvalue weighted by atomic mass is 9.77. The Morgan fingerprint density at radius 3 is 0.973 bits per heavy atom. The van der Waals surface area contributed by atoms with Crippen LogP contribution in [-0.4, -0.2) is 36.6 Å². The summed E-state index contributed by atoms with van der Waals surface area (Å²) in [6.07, 6.45) is 7.59. The molecular formula is C31H48O6. The van der Waals surface area contributed by atoms with Crippen LogP contribution in [0.15, 0.2) is 24.3 Å². The van der Waals surface area contributed by atoms with Gasteiger partial charge in [-0.25, -0.2) is 0 Å². The number of ether oxygens (including phenoxy) is 4. The minimum Gasteiger partial charge on any atom is -0.502 e. The Morgan fingerprint density at radius 1 is 0.514 bits per heavy atom. The average Bonchev–Trinajstić information content (AvgIpc) is 2.88. The van der Waals surface area contributed by atoms with E-state index in [1.165, 1.54) is 0 Å². The molecular weight excluding hydrogens is 468 g/mol. The molecule has 2 rings (SSSR count). The van der Waals surface area contributed by atoms with Gasteiger partial charge in [0.15, 0.2) is 23.0 Å². The second-order valence-electron chi connectivity index (χ2n) is 10.1. The van der Waals surface area contributed by atoms with Crippen molar-refractivity contribution in [1.29, 1.82) is 0 Å². The summed E-state index contributed by atoms with van der Waals surface area (Å²) in [5.41, 5.74) is 1.32. The molecule has 0 aliphatic heterocycles. The van der Waals surface area contributed by atoms with Crippen LogP contribution < -0.4 is 18.9 Å². The van der Waals surface area contributed by atoms with E-state index in [-0.39, 0.29) is 11.5 Å². The van der Waals surface area contributed by atoms with Crippen LogP contribution in [0, 0.1) is 0 Å². The van der Waals surface area contributed by atoms with Crippen molar-refractivity contribution in [3.8, 4) is 34.5 Å². The highest BCUT2D eigenvalue weighted by Crippen LogP contribution is 2.46. The van der Waals surface area contributed by atoms with Crippen LogP contribution >= 0.6 is 0 Å². The van der Waals surface area contributed by atoms with Gasteiger partial charge >= 0.3 is 0 Å². The Balaban J connectivity index is 2.54. The summed E-state index contributed by atoms with van der Waals surface area (Å²) in [7, 11) is 0. The Morgan fingerprint density at radius 2 is 0.757 bits per heavy atom. The smallest absolute Gasteiger partial charge is 0.200 e. The van der Waals surface area contributed by atoms with Crippen molar-refractivity contribution in [1.82, 2.24) is 0 Å². The SMILES string of the molecule is CCCCOc1cc(C(C)(C)c2cc(OCCCC)c(O)c(OCCCC)c2)cc(OCCCC)c1O. The molecule has 6 nitrogen and oxygen atoms in total. The monoisotopic (exact) mass is 516 g/mol. The van der Waals surface area contributed by atoms with E-state index in [4.69, 9.17) is 18.9 Å². The molecule has 0 heterocycles. The van der Waals surface area contributed by atoms with Gasteiger partial charge in [-0.15, -0.1) is 0 Å². The van der Waals surface area contributed by atoms with Gasteiger partial charge in [-0.3, -0.25) is 0 Å². The van der Waals surface area contributed by atoms with E-state index in [0.29, 0.717) is 49.4 Å². The molecule has 208 valence electrons. The zero-order chi connectivity index (χ0) is 27.3. The van der Waals surface area contributed by atoms with E-state index >= 15 is 0 Å². The number of hydrogen-bond acceptors (Lipinski definition) is 6. The molecule has 0 amide bonds. The standard InChI is InChI=1S/C31H48O6/c1-7-11-15-34-25-19-23(20-26(29(25)32)35-16-12-8-2)31(5,6)24-21-27(36-17-13-9-3)30(33)28(22-24)37-18-14-10-4/h19-22,32-33H,7-18H2,1-6H3. The molecule has 0 unspecified atom stereocenters. The lowest BCUT2D eigenvalue weighted by molar-refractivity contribution is 0.265. The maximum absolute atomic E-state index is 10.9. The van der Waals surface area contributed by atoms with Crippen LogP contribution in [0.4, 0.5) is 0 Å². The van der Waals surface area contributed by atoms with Gasteiger partial charge in [-0.05, 0) is 61.1 Å². The lowest BCUT2D eigenvalue weighted by Crippen LogP contribution is -2.20. The first-order chi connectivity index (χ1) is 17.8. The number of unbranched alkanes of at least 4 members (excludes halogenated alkanes) is 4. The molecule has 2 N–H and O–H groups in total. The van der Waals surface area contributed by atoms with E-state index in [1.54, 1.807) is 0 Å². The molecule has 0 aromatic heterocycles. The molecule has 0 bridgehead atoms. The average molecular weight is 517 g/mol. The highest BCUT2D eigenvalue weighted by Gasteiger charge is 2.29. The van der Waals surface area contributed by atoms with Crippen LogP contribution in [0.5, 0.6) is 34.5 Å². The van der Waals surface area contributed by atoms with Crippen molar-refractivity contribution in [3.63, 3.8) is 0 Å². The van der Waals surface area contributed by atoms with Gasteiger partial charge in [0.2, 0.25) is 11.5 Å². The Labute approximate surface area is 223 Å². The Hall–Kier alpha value is -2.76. The zero-order valence-corrected chi connectivity index (χ0v) is 23.8. The van der Waals surface area contributed by atoms with Crippen molar-refractivity contribution in [2.45, 2.75) is 98.3 Å². The summed E-state index contributed by atoms with van der Waals surface area (Å²) in [6, 6.07) is 7.55. The van der Waals surface area contributed by atoms with E-state index in [1.807, 2.05) is 24.3 Å². The third-order valence-corrected chi connectivity index (χ3v) is 6.55. The van der Waals surface area contributed by atoms with Gasteiger partial charge < -0.3 is 29.2 Å². The Bertz CT molecular complexity index is 815. The quantitative estimate of drug-likeness (QED) is 0.195.